The second-order valence-electron chi connectivity index (χ2n) is 4.81. The third-order valence-electron chi connectivity index (χ3n) is 3.23. The van der Waals surface area contributed by atoms with E-state index in [-0.39, 0.29) is 22.9 Å². The molecule has 0 aliphatic carbocycles. The first-order chi connectivity index (χ1) is 11.1. The van der Waals surface area contributed by atoms with E-state index in [0.29, 0.717) is 5.69 Å². The van der Waals surface area contributed by atoms with Crippen molar-refractivity contribution in [2.75, 3.05) is 5.32 Å². The molecule has 23 heavy (non-hydrogen) atoms. The molecule has 0 atom stereocenters. The molecule has 0 saturated heterocycles. The highest BCUT2D eigenvalue weighted by Crippen LogP contribution is 2.20. The number of hydrogen-bond acceptors (Lipinski definition) is 3. The molecule has 0 aliphatic heterocycles. The van der Waals surface area contributed by atoms with Crippen LogP contribution in [-0.2, 0) is 11.2 Å². The van der Waals surface area contributed by atoms with Crippen LogP contribution in [0.4, 0.5) is 10.1 Å². The Hall–Kier alpha value is -2.73. The maximum absolute atomic E-state index is 13.7. The van der Waals surface area contributed by atoms with E-state index in [4.69, 9.17) is 11.6 Å². The van der Waals surface area contributed by atoms with Crippen molar-refractivity contribution in [2.24, 2.45) is 0 Å². The molecule has 1 N–H and O–H groups in total. The highest BCUT2D eigenvalue weighted by atomic mass is 35.5. The lowest BCUT2D eigenvalue weighted by Crippen LogP contribution is -2.15. The summed E-state index contributed by atoms with van der Waals surface area (Å²) in [4.78, 5) is 15.9. The normalized spacial score (nSPS) is 10.5. The third kappa shape index (κ3) is 3.54. The van der Waals surface area contributed by atoms with Gasteiger partial charge in [0.1, 0.15) is 18.5 Å². The van der Waals surface area contributed by atoms with Crippen molar-refractivity contribution >= 4 is 23.2 Å². The summed E-state index contributed by atoms with van der Waals surface area (Å²) in [5, 5.41) is 6.96. The van der Waals surface area contributed by atoms with Crippen LogP contribution in [0.15, 0.2) is 55.1 Å². The molecular formula is C16H12ClFN4O. The van der Waals surface area contributed by atoms with Gasteiger partial charge in [-0.25, -0.2) is 14.1 Å². The number of anilines is 1. The Bertz CT molecular complexity index is 798. The smallest absolute Gasteiger partial charge is 0.228 e. The fraction of sp³-hybridized carbons (Fsp3) is 0.0625. The van der Waals surface area contributed by atoms with Crippen molar-refractivity contribution in [1.82, 2.24) is 14.8 Å². The van der Waals surface area contributed by atoms with E-state index in [9.17, 15) is 9.18 Å². The minimum Gasteiger partial charge on any atom is -0.326 e. The standard InChI is InChI=1S/C16H12ClFN4O/c17-14-2-1-3-15(18)13(14)8-16(23)21-11-4-6-12(7-5-11)22-10-19-9-20-22/h1-7,9-10H,8H2,(H,21,23). The van der Waals surface area contributed by atoms with Crippen LogP contribution in [0.3, 0.4) is 0 Å². The molecule has 0 saturated carbocycles. The van der Waals surface area contributed by atoms with Gasteiger partial charge in [0.15, 0.2) is 0 Å². The molecule has 2 aromatic carbocycles. The van der Waals surface area contributed by atoms with Gasteiger partial charge in [0.25, 0.3) is 0 Å². The molecule has 116 valence electrons. The van der Waals surface area contributed by atoms with Gasteiger partial charge >= 0.3 is 0 Å². The van der Waals surface area contributed by atoms with Crippen molar-refractivity contribution in [1.29, 1.82) is 0 Å². The van der Waals surface area contributed by atoms with Gasteiger partial charge < -0.3 is 5.32 Å². The molecule has 0 radical (unpaired) electrons. The number of benzene rings is 2. The number of halogens is 2. The van der Waals surface area contributed by atoms with E-state index >= 15 is 0 Å². The molecule has 3 aromatic rings. The zero-order valence-electron chi connectivity index (χ0n) is 11.9. The molecule has 1 amide bonds. The van der Waals surface area contributed by atoms with E-state index in [1.54, 1.807) is 41.3 Å². The van der Waals surface area contributed by atoms with Crippen LogP contribution in [0.5, 0.6) is 0 Å². The van der Waals surface area contributed by atoms with E-state index in [0.717, 1.165) is 5.69 Å². The summed E-state index contributed by atoms with van der Waals surface area (Å²) in [5.74, 6) is -0.834. The van der Waals surface area contributed by atoms with Gasteiger partial charge in [-0.3, -0.25) is 4.79 Å². The van der Waals surface area contributed by atoms with Crippen LogP contribution in [0.1, 0.15) is 5.56 Å². The monoisotopic (exact) mass is 330 g/mol. The molecule has 0 bridgehead atoms. The lowest BCUT2D eigenvalue weighted by molar-refractivity contribution is -0.115. The first-order valence-corrected chi connectivity index (χ1v) is 7.19. The molecule has 3 rings (SSSR count). The second kappa shape index (κ2) is 6.58. The number of rotatable bonds is 4. The average Bonchev–Trinajstić information content (AvgIpc) is 3.06. The van der Waals surface area contributed by atoms with Crippen molar-refractivity contribution < 1.29 is 9.18 Å². The number of nitrogens with zero attached hydrogens (tertiary/aromatic N) is 3. The maximum Gasteiger partial charge on any atom is 0.228 e. The van der Waals surface area contributed by atoms with Crippen molar-refractivity contribution in [3.05, 3.63) is 71.5 Å². The summed E-state index contributed by atoms with van der Waals surface area (Å²) in [7, 11) is 0. The predicted molar refractivity (Wildman–Crippen MR) is 85.1 cm³/mol. The Kier molecular flexibility index (Phi) is 4.34. The van der Waals surface area contributed by atoms with Crippen LogP contribution in [-0.4, -0.2) is 20.7 Å². The topological polar surface area (TPSA) is 59.8 Å². The van der Waals surface area contributed by atoms with Gasteiger partial charge in [-0.05, 0) is 36.4 Å². The average molecular weight is 331 g/mol. The van der Waals surface area contributed by atoms with E-state index in [1.165, 1.54) is 18.5 Å². The first kappa shape index (κ1) is 15.2. The molecule has 0 fully saturated rings. The molecule has 1 heterocycles. The highest BCUT2D eigenvalue weighted by molar-refractivity contribution is 6.31. The Balaban J connectivity index is 1.68. The summed E-state index contributed by atoms with van der Waals surface area (Å²) in [6.45, 7) is 0. The fourth-order valence-corrected chi connectivity index (χ4v) is 2.34. The summed E-state index contributed by atoms with van der Waals surface area (Å²) < 4.78 is 15.3. The van der Waals surface area contributed by atoms with E-state index in [2.05, 4.69) is 15.4 Å². The first-order valence-electron chi connectivity index (χ1n) is 6.81. The van der Waals surface area contributed by atoms with Gasteiger partial charge in [0, 0.05) is 16.3 Å². The van der Waals surface area contributed by atoms with Gasteiger partial charge in [-0.1, -0.05) is 17.7 Å². The zero-order valence-corrected chi connectivity index (χ0v) is 12.7. The van der Waals surface area contributed by atoms with Gasteiger partial charge in [-0.2, -0.15) is 5.10 Å². The van der Waals surface area contributed by atoms with Crippen molar-refractivity contribution in [3.63, 3.8) is 0 Å². The third-order valence-corrected chi connectivity index (χ3v) is 3.59. The molecule has 1 aromatic heterocycles. The molecule has 7 heteroatoms. The van der Waals surface area contributed by atoms with E-state index in [1.807, 2.05) is 0 Å². The summed E-state index contributed by atoms with van der Waals surface area (Å²) in [5.41, 5.74) is 1.61. The SMILES string of the molecule is O=C(Cc1c(F)cccc1Cl)Nc1ccc(-n2cncn2)cc1. The number of aromatic nitrogens is 3. The van der Waals surface area contributed by atoms with Gasteiger partial charge in [0.2, 0.25) is 5.91 Å². The number of hydrogen-bond donors (Lipinski definition) is 1. The lowest BCUT2D eigenvalue weighted by Gasteiger charge is -2.08. The highest BCUT2D eigenvalue weighted by Gasteiger charge is 2.12. The lowest BCUT2D eigenvalue weighted by atomic mass is 10.1. The Morgan fingerprint density at radius 3 is 2.65 bits per heavy atom. The minimum absolute atomic E-state index is 0.129. The quantitative estimate of drug-likeness (QED) is 0.799. The fourth-order valence-electron chi connectivity index (χ4n) is 2.11. The van der Waals surface area contributed by atoms with Crippen LogP contribution in [0, 0.1) is 5.82 Å². The predicted octanol–water partition coefficient (Wildman–Crippen LogP) is 3.24. The molecular weight excluding hydrogens is 319 g/mol. The zero-order chi connectivity index (χ0) is 16.2. The Labute approximate surface area is 136 Å². The molecule has 0 spiro atoms. The maximum atomic E-state index is 13.7. The number of carbonyl (C=O) groups excluding carboxylic acids is 1. The van der Waals surface area contributed by atoms with Crippen LogP contribution in [0.25, 0.3) is 5.69 Å². The van der Waals surface area contributed by atoms with Crippen molar-refractivity contribution in [3.8, 4) is 5.69 Å². The summed E-state index contributed by atoms with van der Waals surface area (Å²) in [6, 6.07) is 11.4. The van der Waals surface area contributed by atoms with Gasteiger partial charge in [-0.15, -0.1) is 0 Å². The van der Waals surface area contributed by atoms with Crippen LogP contribution < -0.4 is 5.32 Å². The Morgan fingerprint density at radius 2 is 2.00 bits per heavy atom. The van der Waals surface area contributed by atoms with Crippen LogP contribution >= 0.6 is 11.6 Å². The summed E-state index contributed by atoms with van der Waals surface area (Å²) in [6.07, 6.45) is 2.89. The summed E-state index contributed by atoms with van der Waals surface area (Å²) >= 11 is 5.92. The number of nitrogens with one attached hydrogen (secondary N) is 1. The largest absolute Gasteiger partial charge is 0.326 e. The van der Waals surface area contributed by atoms with Crippen LogP contribution in [0.2, 0.25) is 5.02 Å². The second-order valence-corrected chi connectivity index (χ2v) is 5.22. The van der Waals surface area contributed by atoms with Crippen molar-refractivity contribution in [2.45, 2.75) is 6.42 Å². The molecule has 0 aliphatic rings. The minimum atomic E-state index is -0.491. The number of carbonyl (C=O) groups is 1. The van der Waals surface area contributed by atoms with E-state index < -0.39 is 5.82 Å². The Morgan fingerprint density at radius 1 is 1.22 bits per heavy atom. The molecule has 5 nitrogen and oxygen atoms in total. The molecule has 0 unspecified atom stereocenters. The number of amides is 1. The van der Waals surface area contributed by atoms with Gasteiger partial charge in [0.05, 0.1) is 12.1 Å².